The van der Waals surface area contributed by atoms with Crippen LogP contribution in [0.25, 0.3) is 0 Å². The van der Waals surface area contributed by atoms with E-state index < -0.39 is 21.5 Å². The van der Waals surface area contributed by atoms with Crippen molar-refractivity contribution in [3.8, 4) is 5.75 Å². The summed E-state index contributed by atoms with van der Waals surface area (Å²) in [4.78, 5) is 29.9. The number of hydrogen-bond donors (Lipinski definition) is 1. The molecule has 11 heteroatoms. The van der Waals surface area contributed by atoms with Crippen LogP contribution in [0.3, 0.4) is 0 Å². The molecule has 9 nitrogen and oxygen atoms in total. The van der Waals surface area contributed by atoms with E-state index in [-0.39, 0.29) is 29.7 Å². The first kappa shape index (κ1) is 23.3. The van der Waals surface area contributed by atoms with Crippen LogP contribution in [0.4, 0.5) is 11.6 Å². The summed E-state index contributed by atoms with van der Waals surface area (Å²) >= 11 is 5.92. The van der Waals surface area contributed by atoms with Crippen molar-refractivity contribution in [2.24, 2.45) is 7.05 Å². The molecule has 32 heavy (non-hydrogen) atoms. The molecule has 0 bridgehead atoms. The molecular formula is C21H21ClN4O5S. The molecule has 0 saturated carbocycles. The van der Waals surface area contributed by atoms with Gasteiger partial charge in [-0.25, -0.2) is 17.7 Å². The van der Waals surface area contributed by atoms with Crippen molar-refractivity contribution in [1.82, 2.24) is 14.9 Å². The van der Waals surface area contributed by atoms with Crippen LogP contribution in [-0.4, -0.2) is 37.2 Å². The van der Waals surface area contributed by atoms with Crippen molar-refractivity contribution in [1.29, 1.82) is 0 Å². The van der Waals surface area contributed by atoms with E-state index >= 15 is 0 Å². The highest BCUT2D eigenvalue weighted by Crippen LogP contribution is 2.29. The average molecular weight is 477 g/mol. The number of aromatic nitrogens is 2. The number of anilines is 2. The van der Waals surface area contributed by atoms with Gasteiger partial charge in [-0.1, -0.05) is 41.9 Å². The molecule has 1 heterocycles. The maximum atomic E-state index is 13.1. The van der Waals surface area contributed by atoms with Crippen molar-refractivity contribution in [2.45, 2.75) is 6.61 Å². The summed E-state index contributed by atoms with van der Waals surface area (Å²) in [6.45, 7) is 0.0219. The second-order valence-electron chi connectivity index (χ2n) is 6.81. The molecule has 0 unspecified atom stereocenters. The Labute approximate surface area is 190 Å². The minimum Gasteiger partial charge on any atom is -0.481 e. The molecule has 0 aliphatic rings. The predicted molar refractivity (Wildman–Crippen MR) is 122 cm³/mol. The number of carbonyl (C=O) groups is 1. The van der Waals surface area contributed by atoms with Crippen LogP contribution in [0, 0.1) is 0 Å². The number of ether oxygens (including phenoxy) is 1. The van der Waals surface area contributed by atoms with E-state index in [1.165, 1.54) is 38.4 Å². The van der Waals surface area contributed by atoms with Crippen LogP contribution >= 0.6 is 11.6 Å². The maximum absolute atomic E-state index is 13.1. The van der Waals surface area contributed by atoms with Gasteiger partial charge < -0.3 is 10.1 Å². The van der Waals surface area contributed by atoms with Crippen molar-refractivity contribution in [3.05, 3.63) is 81.2 Å². The normalized spacial score (nSPS) is 11.1. The van der Waals surface area contributed by atoms with Gasteiger partial charge in [-0.3, -0.25) is 14.2 Å². The second-order valence-corrected chi connectivity index (χ2v) is 9.08. The number of hydrogen-bond acceptors (Lipinski definition) is 6. The summed E-state index contributed by atoms with van der Waals surface area (Å²) in [6.07, 6.45) is 0.965. The van der Waals surface area contributed by atoms with Crippen LogP contribution < -0.4 is 19.9 Å². The van der Waals surface area contributed by atoms with Crippen molar-refractivity contribution < 1.29 is 17.9 Å². The first-order chi connectivity index (χ1) is 15.1. The lowest BCUT2D eigenvalue weighted by molar-refractivity contribution is 0.0952. The quantitative estimate of drug-likeness (QED) is 0.560. The fourth-order valence-corrected chi connectivity index (χ4v) is 4.01. The van der Waals surface area contributed by atoms with Gasteiger partial charge >= 0.3 is 0 Å². The molecule has 168 valence electrons. The molecule has 0 fully saturated rings. The molecular weight excluding hydrogens is 456 g/mol. The number of rotatable bonds is 7. The van der Waals surface area contributed by atoms with Gasteiger partial charge in [-0.15, -0.1) is 0 Å². The molecule has 0 aliphatic heterocycles. The number of halogens is 1. The Morgan fingerprint density at radius 1 is 1.16 bits per heavy atom. The minimum absolute atomic E-state index is 0.0219. The van der Waals surface area contributed by atoms with E-state index in [4.69, 9.17) is 16.3 Å². The van der Waals surface area contributed by atoms with Crippen molar-refractivity contribution >= 4 is 39.2 Å². The number of nitrogens with one attached hydrogen (secondary N) is 1. The molecule has 1 N–H and O–H groups in total. The number of sulfonamides is 1. The van der Waals surface area contributed by atoms with Crippen LogP contribution in [0.2, 0.25) is 5.02 Å². The van der Waals surface area contributed by atoms with E-state index in [0.717, 1.165) is 20.7 Å². The predicted octanol–water partition coefficient (Wildman–Crippen LogP) is 2.47. The van der Waals surface area contributed by atoms with Gasteiger partial charge in [0.1, 0.15) is 6.61 Å². The first-order valence-corrected chi connectivity index (χ1v) is 11.6. The summed E-state index contributed by atoms with van der Waals surface area (Å²) in [5.41, 5.74) is -0.0723. The lowest BCUT2D eigenvalue weighted by atomic mass is 10.2. The summed E-state index contributed by atoms with van der Waals surface area (Å²) in [7, 11) is -1.23. The van der Waals surface area contributed by atoms with E-state index in [9.17, 15) is 18.0 Å². The Hall–Kier alpha value is -3.37. The fraction of sp³-hybridized carbons (Fsp3) is 0.190. The number of benzene rings is 2. The molecule has 1 aromatic heterocycles. The fourth-order valence-electron chi connectivity index (χ4n) is 2.92. The SMILES string of the molecule is CNC(=O)c1nc(N(c2ccc(Cl)cc2)S(C)(=O)=O)n(C)c(=O)c1OCc1ccccc1. The zero-order chi connectivity index (χ0) is 23.5. The minimum atomic E-state index is -3.94. The summed E-state index contributed by atoms with van der Waals surface area (Å²) in [6, 6.07) is 15.0. The number of nitrogens with zero attached hydrogens (tertiary/aromatic N) is 3. The van der Waals surface area contributed by atoms with Gasteiger partial charge in [-0.2, -0.15) is 0 Å². The van der Waals surface area contributed by atoms with Gasteiger partial charge in [0, 0.05) is 19.1 Å². The van der Waals surface area contributed by atoms with Gasteiger partial charge in [0.25, 0.3) is 11.5 Å². The van der Waals surface area contributed by atoms with Crippen LogP contribution in [-0.2, 0) is 23.7 Å². The van der Waals surface area contributed by atoms with E-state index in [2.05, 4.69) is 10.3 Å². The lowest BCUT2D eigenvalue weighted by Crippen LogP contribution is -2.35. The van der Waals surface area contributed by atoms with Crippen molar-refractivity contribution in [2.75, 3.05) is 17.6 Å². The third-order valence-electron chi connectivity index (χ3n) is 4.47. The largest absolute Gasteiger partial charge is 0.481 e. The van der Waals surface area contributed by atoms with E-state index in [1.807, 2.05) is 18.2 Å². The molecule has 0 spiro atoms. The third-order valence-corrected chi connectivity index (χ3v) is 5.76. The van der Waals surface area contributed by atoms with E-state index in [1.54, 1.807) is 12.1 Å². The third kappa shape index (κ3) is 4.92. The molecule has 1 amide bonds. The highest BCUT2D eigenvalue weighted by atomic mass is 35.5. The molecule has 3 aromatic rings. The Morgan fingerprint density at radius 3 is 2.34 bits per heavy atom. The second kappa shape index (κ2) is 9.41. The molecule has 0 radical (unpaired) electrons. The Bertz CT molecular complexity index is 1290. The Kier molecular flexibility index (Phi) is 6.85. The maximum Gasteiger partial charge on any atom is 0.297 e. The molecule has 0 saturated heterocycles. The lowest BCUT2D eigenvalue weighted by Gasteiger charge is -2.24. The summed E-state index contributed by atoms with van der Waals surface area (Å²) < 4.78 is 32.8. The van der Waals surface area contributed by atoms with Gasteiger partial charge in [0.2, 0.25) is 21.7 Å². The van der Waals surface area contributed by atoms with Gasteiger partial charge in [0.05, 0.1) is 11.9 Å². The average Bonchev–Trinajstić information content (AvgIpc) is 2.76. The van der Waals surface area contributed by atoms with Gasteiger partial charge in [-0.05, 0) is 29.8 Å². The topological polar surface area (TPSA) is 111 Å². The van der Waals surface area contributed by atoms with Crippen LogP contribution in [0.15, 0.2) is 59.4 Å². The van der Waals surface area contributed by atoms with Crippen LogP contribution in [0.5, 0.6) is 5.75 Å². The number of amides is 1. The highest BCUT2D eigenvalue weighted by Gasteiger charge is 2.29. The molecule has 2 aromatic carbocycles. The molecule has 0 aliphatic carbocycles. The molecule has 0 atom stereocenters. The highest BCUT2D eigenvalue weighted by molar-refractivity contribution is 7.92. The van der Waals surface area contributed by atoms with Crippen LogP contribution in [0.1, 0.15) is 16.1 Å². The standard InChI is InChI=1S/C21H21ClN4O5S/c1-23-19(27)17-18(31-13-14-7-5-4-6-8-14)20(28)25(2)21(24-17)26(32(3,29)30)16-11-9-15(22)10-12-16/h4-12H,13H2,1-3H3,(H,23,27). The number of carbonyl (C=O) groups excluding carboxylic acids is 1. The van der Waals surface area contributed by atoms with E-state index in [0.29, 0.717) is 5.02 Å². The first-order valence-electron chi connectivity index (χ1n) is 9.39. The van der Waals surface area contributed by atoms with Gasteiger partial charge in [0.15, 0.2) is 5.69 Å². The monoisotopic (exact) mass is 476 g/mol. The summed E-state index contributed by atoms with van der Waals surface area (Å²) in [5, 5.41) is 2.81. The molecule has 3 rings (SSSR count). The Balaban J connectivity index is 2.18. The smallest absolute Gasteiger partial charge is 0.297 e. The zero-order valence-corrected chi connectivity index (χ0v) is 19.1. The Morgan fingerprint density at radius 2 is 1.78 bits per heavy atom. The zero-order valence-electron chi connectivity index (χ0n) is 17.6. The van der Waals surface area contributed by atoms with Crippen molar-refractivity contribution in [3.63, 3.8) is 0 Å². The summed E-state index contributed by atoms with van der Waals surface area (Å²) in [5.74, 6) is -1.26.